The highest BCUT2D eigenvalue weighted by atomic mass is 16.5. The maximum Gasteiger partial charge on any atom is 0.145 e. The Bertz CT molecular complexity index is 3690. The molecule has 0 unspecified atom stereocenters. The average Bonchev–Trinajstić information content (AvgIpc) is 3.90. The lowest BCUT2D eigenvalue weighted by Crippen LogP contribution is -2.35. The molecule has 10 aromatic rings. The van der Waals surface area contributed by atoms with Crippen LogP contribution in [0.5, 0.6) is 11.5 Å². The minimum absolute atomic E-state index is 0.0264. The van der Waals surface area contributed by atoms with Crippen LogP contribution in [0.15, 0.2) is 152 Å². The van der Waals surface area contributed by atoms with Crippen molar-refractivity contribution in [3.8, 4) is 45.5 Å². The van der Waals surface area contributed by atoms with Crippen LogP contribution in [-0.4, -0.2) is 19.1 Å². The molecule has 69 heavy (non-hydrogen) atoms. The van der Waals surface area contributed by atoms with Gasteiger partial charge in [0, 0.05) is 39.5 Å². The lowest BCUT2D eigenvalue weighted by atomic mass is 9.66. The van der Waals surface area contributed by atoms with Crippen LogP contribution in [-0.2, 0) is 27.1 Å². The normalized spacial score (nSPS) is 14.7. The average molecular weight is 905 g/mol. The zero-order valence-corrected chi connectivity index (χ0v) is 42.6. The van der Waals surface area contributed by atoms with Gasteiger partial charge in [0.05, 0.1) is 27.8 Å². The number of para-hydroxylation sites is 1. The molecule has 5 heteroatoms. The summed E-state index contributed by atoms with van der Waals surface area (Å²) < 4.78 is 11.8. The van der Waals surface area contributed by atoms with E-state index in [1.54, 1.807) is 0 Å². The number of aromatic nitrogens is 4. The lowest BCUT2D eigenvalue weighted by molar-refractivity contribution is 0.322. The number of pyridine rings is 1. The Labute approximate surface area is 407 Å². The fourth-order valence-electron chi connectivity index (χ4n) is 10.8. The Kier molecular flexibility index (Phi) is 9.85. The largest absolute Gasteiger partial charge is 0.457 e. The zero-order chi connectivity index (χ0) is 48.6. The van der Waals surface area contributed by atoms with E-state index in [0.29, 0.717) is 0 Å². The highest BCUT2D eigenvalue weighted by Crippen LogP contribution is 2.56. The van der Waals surface area contributed by atoms with E-state index in [9.17, 15) is 0 Å². The third-order valence-electron chi connectivity index (χ3n) is 15.6. The van der Waals surface area contributed by atoms with Gasteiger partial charge in [-0.3, -0.25) is 9.13 Å². The highest BCUT2D eigenvalue weighted by Gasteiger charge is 2.47. The van der Waals surface area contributed by atoms with Gasteiger partial charge in [-0.15, -0.1) is 0 Å². The zero-order valence-electron chi connectivity index (χ0n) is 42.6. The third-order valence-corrected chi connectivity index (χ3v) is 15.6. The van der Waals surface area contributed by atoms with E-state index in [1.807, 2.05) is 6.20 Å². The molecule has 0 fully saturated rings. The van der Waals surface area contributed by atoms with Gasteiger partial charge in [0.25, 0.3) is 0 Å². The van der Waals surface area contributed by atoms with E-state index < -0.39 is 0 Å². The van der Waals surface area contributed by atoms with Crippen molar-refractivity contribution in [2.75, 3.05) is 0 Å². The maximum absolute atomic E-state index is 7.11. The topological polar surface area (TPSA) is 44.9 Å². The second kappa shape index (κ2) is 15.3. The molecule has 7 aromatic carbocycles. The van der Waals surface area contributed by atoms with Crippen molar-refractivity contribution in [3.63, 3.8) is 0 Å². The van der Waals surface area contributed by atoms with Gasteiger partial charge < -0.3 is 4.74 Å². The number of rotatable bonds is 6. The molecule has 0 amide bonds. The summed E-state index contributed by atoms with van der Waals surface area (Å²) in [4.78, 5) is 10.7. The summed E-state index contributed by atoms with van der Waals surface area (Å²) in [6, 6.07) is 53.4. The molecule has 3 aromatic heterocycles. The number of nitrogens with zero attached hydrogens (tertiary/aromatic N) is 4. The van der Waals surface area contributed by atoms with Crippen LogP contribution in [0.2, 0.25) is 0 Å². The summed E-state index contributed by atoms with van der Waals surface area (Å²) in [7, 11) is 0. The van der Waals surface area contributed by atoms with Crippen molar-refractivity contribution in [2.24, 2.45) is 0 Å². The van der Waals surface area contributed by atoms with Gasteiger partial charge in [-0.25, -0.2) is 9.97 Å². The van der Waals surface area contributed by atoms with Gasteiger partial charge in [0.2, 0.25) is 0 Å². The summed E-state index contributed by atoms with van der Waals surface area (Å²) in [5, 5.41) is 4.91. The van der Waals surface area contributed by atoms with Gasteiger partial charge in [0.15, 0.2) is 0 Å². The molecule has 0 radical (unpaired) electrons. The van der Waals surface area contributed by atoms with Crippen molar-refractivity contribution in [3.05, 3.63) is 180 Å². The number of imidazole rings is 1. The second-order valence-electron chi connectivity index (χ2n) is 23.7. The molecule has 0 bridgehead atoms. The van der Waals surface area contributed by atoms with E-state index in [2.05, 4.69) is 245 Å². The molecule has 346 valence electrons. The highest BCUT2D eigenvalue weighted by molar-refractivity contribution is 6.12. The van der Waals surface area contributed by atoms with E-state index in [4.69, 9.17) is 14.7 Å². The monoisotopic (exact) mass is 905 g/mol. The fraction of sp³-hybridized carbons (Fsp3) is 0.281. The molecule has 0 saturated heterocycles. The Morgan fingerprint density at radius 3 is 1.88 bits per heavy atom. The molecule has 3 heterocycles. The van der Waals surface area contributed by atoms with Gasteiger partial charge >= 0.3 is 0 Å². The molecule has 5 nitrogen and oxygen atoms in total. The first-order valence-electron chi connectivity index (χ1n) is 24.6. The van der Waals surface area contributed by atoms with Crippen LogP contribution in [0, 0.1) is 0 Å². The van der Waals surface area contributed by atoms with Crippen molar-refractivity contribution in [1.29, 1.82) is 0 Å². The van der Waals surface area contributed by atoms with E-state index in [1.165, 1.54) is 49.5 Å². The number of hydrogen-bond acceptors (Lipinski definition) is 3. The van der Waals surface area contributed by atoms with E-state index in [0.717, 1.165) is 67.4 Å². The van der Waals surface area contributed by atoms with Gasteiger partial charge in [-0.1, -0.05) is 163 Å². The Morgan fingerprint density at radius 1 is 0.478 bits per heavy atom. The quantitative estimate of drug-likeness (QED) is 0.167. The molecule has 0 aliphatic heterocycles. The predicted octanol–water partition coefficient (Wildman–Crippen LogP) is 17.3. The summed E-state index contributed by atoms with van der Waals surface area (Å²) >= 11 is 0. The Morgan fingerprint density at radius 2 is 1.14 bits per heavy atom. The molecule has 0 N–H and O–H groups in total. The number of ether oxygens (including phenoxy) is 1. The summed E-state index contributed by atoms with van der Waals surface area (Å²) in [5.74, 6) is 3.28. The minimum Gasteiger partial charge on any atom is -0.457 e. The van der Waals surface area contributed by atoms with Crippen LogP contribution in [0.3, 0.4) is 0 Å². The fourth-order valence-corrected chi connectivity index (χ4v) is 10.8. The summed E-state index contributed by atoms with van der Waals surface area (Å²) in [6.07, 6.45) is 1.93. The molecular formula is C64H64N4O. The minimum atomic E-state index is -0.195. The first kappa shape index (κ1) is 44.5. The summed E-state index contributed by atoms with van der Waals surface area (Å²) in [5.41, 5.74) is 14.7. The number of hydrogen-bond donors (Lipinski definition) is 0. The van der Waals surface area contributed by atoms with Crippen LogP contribution >= 0.6 is 0 Å². The molecule has 1 aliphatic carbocycles. The Balaban J connectivity index is 1.16. The predicted molar refractivity (Wildman–Crippen MR) is 290 cm³/mol. The van der Waals surface area contributed by atoms with Gasteiger partial charge in [-0.05, 0) is 133 Å². The van der Waals surface area contributed by atoms with Crippen molar-refractivity contribution >= 4 is 43.6 Å². The standard InChI is InChI=1S/C64H64N4O/c1-60(2,3)41-26-29-54(49(35-41)39-20-15-14-16-21-39)68-58-48-23-19-24-50-57(48)51(64(12,13)63(50,10)11)38-52(58)66-59(68)40-32-43(62(7,8)9)34-45(33-40)69-44-27-28-47-46-22-17-18-25-53(46)67(55(47)37-44)56-36-42(30-31-65-56)61(4,5)6/h14-38H,1-13H3. The molecule has 0 atom stereocenters. The van der Waals surface area contributed by atoms with Crippen molar-refractivity contribution in [1.82, 2.24) is 19.1 Å². The number of benzene rings is 7. The molecule has 11 rings (SSSR count). The maximum atomic E-state index is 7.11. The van der Waals surface area contributed by atoms with Crippen LogP contribution in [0.1, 0.15) is 118 Å². The van der Waals surface area contributed by atoms with Crippen molar-refractivity contribution < 1.29 is 4.74 Å². The lowest BCUT2D eigenvalue weighted by Gasteiger charge is -2.37. The first-order chi connectivity index (χ1) is 32.6. The van der Waals surface area contributed by atoms with E-state index >= 15 is 0 Å². The molecule has 1 aliphatic rings. The van der Waals surface area contributed by atoms with E-state index in [-0.39, 0.29) is 27.1 Å². The van der Waals surface area contributed by atoms with Crippen LogP contribution in [0.4, 0.5) is 0 Å². The van der Waals surface area contributed by atoms with Crippen LogP contribution < -0.4 is 4.74 Å². The molecular weight excluding hydrogens is 841 g/mol. The first-order valence-corrected chi connectivity index (χ1v) is 24.6. The van der Waals surface area contributed by atoms with Crippen molar-refractivity contribution in [2.45, 2.75) is 117 Å². The molecule has 0 saturated carbocycles. The van der Waals surface area contributed by atoms with Gasteiger partial charge in [0.1, 0.15) is 23.1 Å². The van der Waals surface area contributed by atoms with Crippen LogP contribution in [0.25, 0.3) is 77.6 Å². The van der Waals surface area contributed by atoms with Gasteiger partial charge in [-0.2, -0.15) is 0 Å². The second-order valence-corrected chi connectivity index (χ2v) is 23.7. The SMILES string of the molecule is CC(C)(C)c1cc(Oc2ccc3c4ccccc4n(-c4cc(C(C)(C)C)ccn4)c3c2)cc(-c2nc3cc4c5c(cccc5c3n2-c2ccc(C(C)(C)C)cc2-c2ccccc2)C(C)(C)C4(C)C)c1. The summed E-state index contributed by atoms with van der Waals surface area (Å²) in [6.45, 7) is 30.1. The number of fused-ring (bicyclic) bond motifs is 5. The third kappa shape index (κ3) is 7.10. The Hall–Kier alpha value is -6.98. The molecule has 0 spiro atoms. The smallest absolute Gasteiger partial charge is 0.145 e.